The Labute approximate surface area is 158 Å². The molecule has 0 fully saturated rings. The molecule has 1 aliphatic rings. The normalized spacial score (nSPS) is 14.2. The van der Waals surface area contributed by atoms with Gasteiger partial charge in [0.1, 0.15) is 4.88 Å². The molecule has 0 bridgehead atoms. The predicted octanol–water partition coefficient (Wildman–Crippen LogP) is 4.83. The summed E-state index contributed by atoms with van der Waals surface area (Å²) < 4.78 is 42.6. The van der Waals surface area contributed by atoms with Gasteiger partial charge in [0, 0.05) is 10.6 Å². The van der Waals surface area contributed by atoms with Crippen molar-refractivity contribution >= 4 is 28.9 Å². The molecule has 1 amide bonds. The summed E-state index contributed by atoms with van der Waals surface area (Å²) in [5, 5.41) is 2.40. The first-order valence-corrected chi connectivity index (χ1v) is 9.40. The summed E-state index contributed by atoms with van der Waals surface area (Å²) in [5.74, 6) is -1.17. The topological polar surface area (TPSA) is 55.4 Å². The number of halogens is 3. The van der Waals surface area contributed by atoms with Gasteiger partial charge in [0.2, 0.25) is 0 Å². The maximum Gasteiger partial charge on any atom is 0.416 e. The number of ether oxygens (including phenoxy) is 1. The molecule has 1 aliphatic carbocycles. The number of hydrogen-bond donors (Lipinski definition) is 1. The van der Waals surface area contributed by atoms with Crippen molar-refractivity contribution in [3.8, 4) is 0 Å². The number of carbonyl (C=O) groups is 2. The van der Waals surface area contributed by atoms with E-state index >= 15 is 0 Å². The summed E-state index contributed by atoms with van der Waals surface area (Å²) in [5.41, 5.74) is 0.579. The lowest BCUT2D eigenvalue weighted by Crippen LogP contribution is -2.20. The van der Waals surface area contributed by atoms with Crippen molar-refractivity contribution in [3.05, 3.63) is 51.2 Å². The van der Waals surface area contributed by atoms with Crippen LogP contribution >= 0.6 is 11.3 Å². The molecule has 0 aliphatic heterocycles. The highest BCUT2D eigenvalue weighted by atomic mass is 32.1. The van der Waals surface area contributed by atoms with Crippen molar-refractivity contribution < 1.29 is 27.5 Å². The fourth-order valence-electron chi connectivity index (χ4n) is 2.91. The number of fused-ring (bicyclic) bond motifs is 1. The van der Waals surface area contributed by atoms with Gasteiger partial charge in [-0.2, -0.15) is 13.2 Å². The summed E-state index contributed by atoms with van der Waals surface area (Å²) >= 11 is 1.40. The minimum absolute atomic E-state index is 0.201. The Balaban J connectivity index is 1.52. The SMILES string of the molecule is O=C(COC(=O)c1cc2c(s1)CCCCC2)Nc1ccc(C(F)(F)F)cc1. The van der Waals surface area contributed by atoms with Crippen molar-refractivity contribution in [2.24, 2.45) is 0 Å². The summed E-state index contributed by atoms with van der Waals surface area (Å²) in [6.07, 6.45) is 0.878. The molecular weight excluding hydrogens is 379 g/mol. The maximum atomic E-state index is 12.5. The Kier molecular flexibility index (Phi) is 5.84. The third kappa shape index (κ3) is 5.09. The molecule has 0 unspecified atom stereocenters. The van der Waals surface area contributed by atoms with Crippen LogP contribution in [0.4, 0.5) is 18.9 Å². The zero-order valence-electron chi connectivity index (χ0n) is 14.4. The van der Waals surface area contributed by atoms with E-state index in [1.165, 1.54) is 28.2 Å². The first-order valence-electron chi connectivity index (χ1n) is 8.59. The number of esters is 1. The third-order valence-electron chi connectivity index (χ3n) is 4.28. The van der Waals surface area contributed by atoms with Gasteiger partial charge in [-0.1, -0.05) is 6.42 Å². The highest BCUT2D eigenvalue weighted by Gasteiger charge is 2.30. The Hall–Kier alpha value is -2.35. The van der Waals surface area contributed by atoms with Gasteiger partial charge in [0.05, 0.1) is 5.56 Å². The Morgan fingerprint density at radius 1 is 1.07 bits per heavy atom. The number of thiophene rings is 1. The second kappa shape index (κ2) is 8.12. The van der Waals surface area contributed by atoms with Gasteiger partial charge >= 0.3 is 12.1 Å². The molecule has 3 rings (SSSR count). The van der Waals surface area contributed by atoms with E-state index in [2.05, 4.69) is 5.32 Å². The van der Waals surface area contributed by atoms with Crippen LogP contribution in [-0.4, -0.2) is 18.5 Å². The van der Waals surface area contributed by atoms with Gasteiger partial charge in [-0.25, -0.2) is 4.79 Å². The quantitative estimate of drug-likeness (QED) is 0.594. The van der Waals surface area contributed by atoms with Crippen LogP contribution in [0.1, 0.15) is 44.9 Å². The summed E-state index contributed by atoms with van der Waals surface area (Å²) in [6, 6.07) is 5.89. The first kappa shape index (κ1) is 19.4. The lowest BCUT2D eigenvalue weighted by Gasteiger charge is -2.09. The fraction of sp³-hybridized carbons (Fsp3) is 0.368. The van der Waals surface area contributed by atoms with E-state index in [1.54, 1.807) is 0 Å². The maximum absolute atomic E-state index is 12.5. The summed E-state index contributed by atoms with van der Waals surface area (Å²) in [7, 11) is 0. The minimum atomic E-state index is -4.43. The Morgan fingerprint density at radius 3 is 2.48 bits per heavy atom. The number of rotatable bonds is 4. The first-order chi connectivity index (χ1) is 12.8. The number of alkyl halides is 3. The molecule has 27 heavy (non-hydrogen) atoms. The second-order valence-corrected chi connectivity index (χ2v) is 7.46. The van der Waals surface area contributed by atoms with E-state index in [4.69, 9.17) is 4.74 Å². The smallest absolute Gasteiger partial charge is 0.416 e. The van der Waals surface area contributed by atoms with E-state index in [0.29, 0.717) is 4.88 Å². The van der Waals surface area contributed by atoms with Gasteiger partial charge < -0.3 is 10.1 Å². The van der Waals surface area contributed by atoms with Crippen LogP contribution in [0.5, 0.6) is 0 Å². The predicted molar refractivity (Wildman–Crippen MR) is 95.9 cm³/mol. The van der Waals surface area contributed by atoms with Gasteiger partial charge in [-0.15, -0.1) is 11.3 Å². The summed E-state index contributed by atoms with van der Waals surface area (Å²) in [4.78, 5) is 25.7. The lowest BCUT2D eigenvalue weighted by molar-refractivity contribution is -0.137. The van der Waals surface area contributed by atoms with Crippen LogP contribution in [0, 0.1) is 0 Å². The molecule has 4 nitrogen and oxygen atoms in total. The fourth-order valence-corrected chi connectivity index (χ4v) is 4.06. The monoisotopic (exact) mass is 397 g/mol. The Morgan fingerprint density at radius 2 is 1.78 bits per heavy atom. The number of benzene rings is 1. The van der Waals surface area contributed by atoms with Gasteiger partial charge in [-0.3, -0.25) is 4.79 Å². The average molecular weight is 397 g/mol. The average Bonchev–Trinajstić information content (AvgIpc) is 2.90. The lowest BCUT2D eigenvalue weighted by atomic mass is 10.1. The van der Waals surface area contributed by atoms with E-state index in [0.717, 1.165) is 49.9 Å². The van der Waals surface area contributed by atoms with Crippen molar-refractivity contribution in [2.45, 2.75) is 38.3 Å². The van der Waals surface area contributed by atoms with Crippen LogP contribution in [0.25, 0.3) is 0 Å². The highest BCUT2D eigenvalue weighted by molar-refractivity contribution is 7.14. The number of hydrogen-bond acceptors (Lipinski definition) is 4. The summed E-state index contributed by atoms with van der Waals surface area (Å²) in [6.45, 7) is -0.498. The van der Waals surface area contributed by atoms with Gasteiger partial charge in [-0.05, 0) is 61.6 Å². The second-order valence-electron chi connectivity index (χ2n) is 6.32. The van der Waals surface area contributed by atoms with E-state index in [1.807, 2.05) is 6.07 Å². The van der Waals surface area contributed by atoms with Crippen molar-refractivity contribution in [1.82, 2.24) is 0 Å². The van der Waals surface area contributed by atoms with Crippen molar-refractivity contribution in [1.29, 1.82) is 0 Å². The molecule has 0 atom stereocenters. The van der Waals surface area contributed by atoms with E-state index in [9.17, 15) is 22.8 Å². The van der Waals surface area contributed by atoms with Gasteiger partial charge in [0.15, 0.2) is 6.61 Å². The number of anilines is 1. The van der Waals surface area contributed by atoms with Gasteiger partial charge in [0.25, 0.3) is 5.91 Å². The van der Waals surface area contributed by atoms with E-state index < -0.39 is 30.2 Å². The number of nitrogens with one attached hydrogen (secondary N) is 1. The molecule has 0 radical (unpaired) electrons. The third-order valence-corrected chi connectivity index (χ3v) is 5.50. The molecule has 1 aromatic carbocycles. The van der Waals surface area contributed by atoms with Crippen molar-refractivity contribution in [2.75, 3.05) is 11.9 Å². The molecule has 0 spiro atoms. The molecule has 1 aromatic heterocycles. The number of amides is 1. The molecule has 2 aromatic rings. The van der Waals surface area contributed by atoms with Crippen LogP contribution in [0.2, 0.25) is 0 Å². The minimum Gasteiger partial charge on any atom is -0.451 e. The molecule has 8 heteroatoms. The standard InChI is InChI=1S/C19H18F3NO3S/c20-19(21,22)13-6-8-14(9-7-13)23-17(24)11-26-18(25)16-10-12-4-2-1-3-5-15(12)27-16/h6-10H,1-5,11H2,(H,23,24). The van der Waals surface area contributed by atoms with E-state index in [-0.39, 0.29) is 5.69 Å². The molecule has 0 saturated carbocycles. The van der Waals surface area contributed by atoms with Crippen LogP contribution < -0.4 is 5.32 Å². The zero-order chi connectivity index (χ0) is 19.4. The zero-order valence-corrected chi connectivity index (χ0v) is 15.2. The Bertz CT molecular complexity index is 804. The number of aryl methyl sites for hydroxylation is 2. The largest absolute Gasteiger partial charge is 0.451 e. The van der Waals surface area contributed by atoms with Crippen LogP contribution in [0.3, 0.4) is 0 Å². The highest BCUT2D eigenvalue weighted by Crippen LogP contribution is 2.30. The van der Waals surface area contributed by atoms with Crippen LogP contribution in [0.15, 0.2) is 30.3 Å². The molecule has 144 valence electrons. The molecular formula is C19H18F3NO3S. The molecule has 0 saturated heterocycles. The van der Waals surface area contributed by atoms with Crippen molar-refractivity contribution in [3.63, 3.8) is 0 Å². The van der Waals surface area contributed by atoms with Crippen LogP contribution in [-0.2, 0) is 28.5 Å². The molecule has 1 N–H and O–H groups in total. The number of carbonyl (C=O) groups excluding carboxylic acids is 2. The molecule has 1 heterocycles.